The molecule has 39 heavy (non-hydrogen) atoms. The van der Waals surface area contributed by atoms with Gasteiger partial charge in [0.15, 0.2) is 0 Å². The maximum Gasteiger partial charge on any atom is 0.267 e. The fraction of sp³-hybridized carbons (Fsp3) is 0.250. The van der Waals surface area contributed by atoms with E-state index in [0.717, 1.165) is 43.4 Å². The Balaban J connectivity index is 1.38. The van der Waals surface area contributed by atoms with Gasteiger partial charge in [0.05, 0.1) is 0 Å². The van der Waals surface area contributed by atoms with Crippen LogP contribution in [0.3, 0.4) is 0 Å². The molecule has 1 aliphatic rings. The number of aromatic nitrogens is 1. The van der Waals surface area contributed by atoms with Crippen LogP contribution in [0.2, 0.25) is 0 Å². The maximum absolute atomic E-state index is 12.2. The van der Waals surface area contributed by atoms with Gasteiger partial charge in [0.2, 0.25) is 0 Å². The highest BCUT2D eigenvalue weighted by Gasteiger charge is 2.28. The first-order valence-electron chi connectivity index (χ1n) is 13.5. The molecule has 3 aromatic carbocycles. The number of nitrogens with one attached hydrogen (secondary N) is 3. The SMILES string of the molecule is CCNC(=O)c1ccc(CN(CCc2c[nH]c3ccccc23)C2CCc3cc(/C=C/C(=O)NO)ccc32)cc1. The van der Waals surface area contributed by atoms with E-state index in [1.807, 2.05) is 25.1 Å². The Hall–Kier alpha value is -4.20. The molecule has 0 radical (unpaired) electrons. The lowest BCUT2D eigenvalue weighted by Crippen LogP contribution is -2.29. The maximum atomic E-state index is 12.2. The van der Waals surface area contributed by atoms with Crippen LogP contribution in [-0.4, -0.2) is 40.0 Å². The number of aromatic amines is 1. The van der Waals surface area contributed by atoms with Gasteiger partial charge in [-0.05, 0) is 78.3 Å². The molecule has 7 nitrogen and oxygen atoms in total. The normalized spacial score (nSPS) is 14.7. The molecule has 1 unspecified atom stereocenters. The number of hydrogen-bond donors (Lipinski definition) is 4. The molecule has 0 aliphatic heterocycles. The smallest absolute Gasteiger partial charge is 0.267 e. The van der Waals surface area contributed by atoms with Gasteiger partial charge in [-0.15, -0.1) is 0 Å². The van der Waals surface area contributed by atoms with Crippen molar-refractivity contribution in [1.29, 1.82) is 0 Å². The number of fused-ring (bicyclic) bond motifs is 2. The van der Waals surface area contributed by atoms with Crippen molar-refractivity contribution in [2.45, 2.75) is 38.8 Å². The molecule has 200 valence electrons. The molecule has 0 bridgehead atoms. The number of hydrogen-bond acceptors (Lipinski definition) is 4. The van der Waals surface area contributed by atoms with E-state index in [9.17, 15) is 9.59 Å². The first kappa shape index (κ1) is 26.4. The van der Waals surface area contributed by atoms with Crippen LogP contribution >= 0.6 is 0 Å². The minimum absolute atomic E-state index is 0.0497. The molecule has 4 aromatic rings. The molecule has 1 aromatic heterocycles. The predicted octanol–water partition coefficient (Wildman–Crippen LogP) is 5.17. The zero-order valence-electron chi connectivity index (χ0n) is 22.1. The molecule has 5 rings (SSSR count). The number of rotatable bonds is 10. The van der Waals surface area contributed by atoms with Crippen molar-refractivity contribution >= 4 is 28.8 Å². The fourth-order valence-corrected chi connectivity index (χ4v) is 5.51. The van der Waals surface area contributed by atoms with Crippen LogP contribution in [0.5, 0.6) is 0 Å². The van der Waals surface area contributed by atoms with Crippen LogP contribution in [0, 0.1) is 0 Å². The Kier molecular flexibility index (Phi) is 8.20. The standard InChI is InChI=1S/C32H34N4O3/c1-2-33-32(38)24-11-7-23(8-12-24)21-36(18-17-26-20-34-29-6-4-3-5-27(26)29)30-15-13-25-19-22(9-14-28(25)30)10-16-31(37)35-39/h3-12,14,16,19-20,30,34,39H,2,13,15,17-18,21H2,1H3,(H,33,38)(H,35,37)/b16-10+. The van der Waals surface area contributed by atoms with Gasteiger partial charge >= 0.3 is 0 Å². The van der Waals surface area contributed by atoms with E-state index in [0.29, 0.717) is 12.1 Å². The van der Waals surface area contributed by atoms with Crippen molar-refractivity contribution in [1.82, 2.24) is 20.7 Å². The van der Waals surface area contributed by atoms with E-state index in [-0.39, 0.29) is 11.9 Å². The van der Waals surface area contributed by atoms with Crippen LogP contribution in [0.25, 0.3) is 17.0 Å². The summed E-state index contributed by atoms with van der Waals surface area (Å²) in [6.07, 6.45) is 8.06. The molecular formula is C32H34N4O3. The summed E-state index contributed by atoms with van der Waals surface area (Å²) < 4.78 is 0. The summed E-state index contributed by atoms with van der Waals surface area (Å²) >= 11 is 0. The number of hydroxylamine groups is 1. The number of carbonyl (C=O) groups excluding carboxylic acids is 2. The Morgan fingerprint density at radius 3 is 2.72 bits per heavy atom. The van der Waals surface area contributed by atoms with Gasteiger partial charge in [-0.1, -0.05) is 48.5 Å². The average molecular weight is 523 g/mol. The van der Waals surface area contributed by atoms with Crippen LogP contribution in [-0.2, 0) is 24.2 Å². The summed E-state index contributed by atoms with van der Waals surface area (Å²) in [6.45, 7) is 4.20. The molecule has 1 atom stereocenters. The van der Waals surface area contributed by atoms with Gasteiger partial charge in [0.1, 0.15) is 0 Å². The Bertz CT molecular complexity index is 1490. The van der Waals surface area contributed by atoms with Gasteiger partial charge < -0.3 is 10.3 Å². The first-order valence-corrected chi connectivity index (χ1v) is 13.5. The molecule has 0 saturated carbocycles. The first-order chi connectivity index (χ1) is 19.1. The number of carbonyl (C=O) groups is 2. The Morgan fingerprint density at radius 1 is 1.10 bits per heavy atom. The summed E-state index contributed by atoms with van der Waals surface area (Å²) in [6, 6.07) is 22.9. The molecule has 2 amide bonds. The lowest BCUT2D eigenvalue weighted by atomic mass is 10.0. The lowest BCUT2D eigenvalue weighted by Gasteiger charge is -2.30. The van der Waals surface area contributed by atoms with E-state index >= 15 is 0 Å². The number of amides is 2. The van der Waals surface area contributed by atoms with Crippen LogP contribution < -0.4 is 10.8 Å². The molecule has 0 spiro atoms. The third kappa shape index (κ3) is 6.11. The number of aryl methyl sites for hydroxylation is 1. The minimum atomic E-state index is -0.546. The monoisotopic (exact) mass is 522 g/mol. The number of H-pyrrole nitrogens is 1. The van der Waals surface area contributed by atoms with Gasteiger partial charge in [-0.25, -0.2) is 5.48 Å². The van der Waals surface area contributed by atoms with E-state index in [4.69, 9.17) is 5.21 Å². The molecule has 0 saturated heterocycles. The molecule has 1 heterocycles. The lowest BCUT2D eigenvalue weighted by molar-refractivity contribution is -0.124. The van der Waals surface area contributed by atoms with E-state index in [2.05, 4.69) is 69.9 Å². The van der Waals surface area contributed by atoms with Crippen LogP contribution in [0.15, 0.2) is 79.0 Å². The highest BCUT2D eigenvalue weighted by Crippen LogP contribution is 2.37. The Morgan fingerprint density at radius 2 is 1.92 bits per heavy atom. The largest absolute Gasteiger partial charge is 0.361 e. The van der Waals surface area contributed by atoms with Gasteiger partial charge in [0.25, 0.3) is 11.8 Å². The highest BCUT2D eigenvalue weighted by molar-refractivity contribution is 5.94. The van der Waals surface area contributed by atoms with Gasteiger partial charge in [0, 0.05) is 54.4 Å². The molecule has 7 heteroatoms. The van der Waals surface area contributed by atoms with E-state index < -0.39 is 5.91 Å². The number of para-hydroxylation sites is 1. The van der Waals surface area contributed by atoms with Gasteiger partial charge in [-0.2, -0.15) is 0 Å². The molecule has 1 aliphatic carbocycles. The third-order valence-corrected chi connectivity index (χ3v) is 7.47. The molecule has 0 fully saturated rings. The van der Waals surface area contributed by atoms with Crippen LogP contribution in [0.1, 0.15) is 57.6 Å². The van der Waals surface area contributed by atoms with E-state index in [1.54, 1.807) is 11.6 Å². The second-order valence-corrected chi connectivity index (χ2v) is 9.96. The second-order valence-electron chi connectivity index (χ2n) is 9.96. The van der Waals surface area contributed by atoms with E-state index in [1.165, 1.54) is 33.7 Å². The van der Waals surface area contributed by atoms with Crippen molar-refractivity contribution in [3.05, 3.63) is 112 Å². The minimum Gasteiger partial charge on any atom is -0.361 e. The van der Waals surface area contributed by atoms with Gasteiger partial charge in [-0.3, -0.25) is 19.7 Å². The topological polar surface area (TPSA) is 97.5 Å². The quantitative estimate of drug-likeness (QED) is 0.131. The molecular weight excluding hydrogens is 488 g/mol. The zero-order valence-corrected chi connectivity index (χ0v) is 22.1. The van der Waals surface area contributed by atoms with Crippen LogP contribution in [0.4, 0.5) is 0 Å². The van der Waals surface area contributed by atoms with Crippen molar-refractivity contribution < 1.29 is 14.8 Å². The average Bonchev–Trinajstić information content (AvgIpc) is 3.58. The second kappa shape index (κ2) is 12.1. The summed E-state index contributed by atoms with van der Waals surface area (Å²) in [5.41, 5.74) is 9.47. The highest BCUT2D eigenvalue weighted by atomic mass is 16.5. The summed E-state index contributed by atoms with van der Waals surface area (Å²) in [5, 5.41) is 12.9. The summed E-state index contributed by atoms with van der Waals surface area (Å²) in [7, 11) is 0. The zero-order chi connectivity index (χ0) is 27.2. The third-order valence-electron chi connectivity index (χ3n) is 7.47. The summed E-state index contributed by atoms with van der Waals surface area (Å²) in [5.74, 6) is -0.596. The van der Waals surface area contributed by atoms with Crippen molar-refractivity contribution in [2.24, 2.45) is 0 Å². The van der Waals surface area contributed by atoms with Crippen molar-refractivity contribution in [2.75, 3.05) is 13.1 Å². The molecule has 4 N–H and O–H groups in total. The Labute approximate surface area is 228 Å². The predicted molar refractivity (Wildman–Crippen MR) is 153 cm³/mol. The number of benzene rings is 3. The number of nitrogens with zero attached hydrogens (tertiary/aromatic N) is 1. The van der Waals surface area contributed by atoms with Crippen molar-refractivity contribution in [3.63, 3.8) is 0 Å². The van der Waals surface area contributed by atoms with Crippen molar-refractivity contribution in [3.8, 4) is 0 Å². The summed E-state index contributed by atoms with van der Waals surface area (Å²) in [4.78, 5) is 29.6. The fourth-order valence-electron chi connectivity index (χ4n) is 5.51.